The van der Waals surface area contributed by atoms with Crippen LogP contribution in [-0.2, 0) is 4.79 Å². The molecule has 0 bridgehead atoms. The highest BCUT2D eigenvalue weighted by molar-refractivity contribution is 5.68. The number of allylic oxidation sites excluding steroid dienone is 1. The number of rotatable bonds is 2. The summed E-state index contributed by atoms with van der Waals surface area (Å²) in [6.07, 6.45) is 2.91. The first-order chi connectivity index (χ1) is 4.18. The molecule has 0 atom stereocenters. The molecule has 0 amide bonds. The zero-order valence-electron chi connectivity index (χ0n) is 5.50. The van der Waals surface area contributed by atoms with Crippen LogP contribution in [0.5, 0.6) is 0 Å². The van der Waals surface area contributed by atoms with Gasteiger partial charge in [0.1, 0.15) is 0 Å². The van der Waals surface area contributed by atoms with Gasteiger partial charge in [-0.1, -0.05) is 18.7 Å². The highest BCUT2D eigenvalue weighted by atomic mass is 16.4. The summed E-state index contributed by atoms with van der Waals surface area (Å²) in [6.45, 7) is 9.72. The molecule has 2 nitrogen and oxygen atoms in total. The van der Waals surface area contributed by atoms with Gasteiger partial charge in [0.2, 0.25) is 0 Å². The van der Waals surface area contributed by atoms with E-state index in [2.05, 4.69) is 6.58 Å². The molecule has 1 N–H and O–H groups in total. The molecule has 2 heteroatoms. The van der Waals surface area contributed by atoms with Crippen LogP contribution in [0.3, 0.4) is 0 Å². The molecule has 0 aliphatic rings. The quantitative estimate of drug-likeness (QED) is 0.572. The van der Waals surface area contributed by atoms with Crippen LogP contribution in [0, 0.1) is 6.58 Å². The molecule has 0 unspecified atom stereocenters. The van der Waals surface area contributed by atoms with E-state index in [0.29, 0.717) is 0 Å². The van der Waals surface area contributed by atoms with Gasteiger partial charge >= 0.3 is 5.97 Å². The SMILES string of the molecule is C=CCC(=O)O.[CH]=CC. The van der Waals surface area contributed by atoms with E-state index in [1.807, 2.05) is 0 Å². The van der Waals surface area contributed by atoms with Crippen molar-refractivity contribution in [3.05, 3.63) is 25.3 Å². The summed E-state index contributed by atoms with van der Waals surface area (Å²) in [7, 11) is 0. The van der Waals surface area contributed by atoms with Crippen LogP contribution >= 0.6 is 0 Å². The second-order valence-corrected chi connectivity index (χ2v) is 1.22. The lowest BCUT2D eigenvalue weighted by atomic mass is 10.4. The summed E-state index contributed by atoms with van der Waals surface area (Å²) in [6, 6.07) is 0. The summed E-state index contributed by atoms with van der Waals surface area (Å²) in [5.74, 6) is -0.829. The third kappa shape index (κ3) is 44.8. The Balaban J connectivity index is 0. The van der Waals surface area contributed by atoms with Gasteiger partial charge in [0.15, 0.2) is 0 Å². The van der Waals surface area contributed by atoms with Crippen LogP contribution in [0.4, 0.5) is 0 Å². The fourth-order valence-electron chi connectivity index (χ4n) is 0.123. The average Bonchev–Trinajstić information content (AvgIpc) is 1.67. The summed E-state index contributed by atoms with van der Waals surface area (Å²) < 4.78 is 0. The number of hydrogen-bond acceptors (Lipinski definition) is 1. The van der Waals surface area contributed by atoms with E-state index < -0.39 is 5.97 Å². The topological polar surface area (TPSA) is 37.3 Å². The van der Waals surface area contributed by atoms with Crippen LogP contribution in [0.2, 0.25) is 0 Å². The zero-order valence-corrected chi connectivity index (χ0v) is 5.50. The molecule has 0 aromatic heterocycles. The van der Waals surface area contributed by atoms with Crippen molar-refractivity contribution in [2.45, 2.75) is 13.3 Å². The van der Waals surface area contributed by atoms with Crippen molar-refractivity contribution in [1.29, 1.82) is 0 Å². The lowest BCUT2D eigenvalue weighted by Crippen LogP contribution is -1.88. The highest BCUT2D eigenvalue weighted by Gasteiger charge is 1.84. The van der Waals surface area contributed by atoms with Crippen molar-refractivity contribution in [2.75, 3.05) is 0 Å². The summed E-state index contributed by atoms with van der Waals surface area (Å²) in [4.78, 5) is 9.53. The van der Waals surface area contributed by atoms with E-state index in [4.69, 9.17) is 11.7 Å². The van der Waals surface area contributed by atoms with Gasteiger partial charge < -0.3 is 5.11 Å². The maximum absolute atomic E-state index is 9.53. The molecule has 0 saturated heterocycles. The Kier molecular flexibility index (Phi) is 12.1. The van der Waals surface area contributed by atoms with Crippen molar-refractivity contribution in [3.8, 4) is 0 Å². The molecule has 0 heterocycles. The van der Waals surface area contributed by atoms with Gasteiger partial charge in [0, 0.05) is 0 Å². The Morgan fingerprint density at radius 3 is 2.22 bits per heavy atom. The minimum Gasteiger partial charge on any atom is -0.481 e. The van der Waals surface area contributed by atoms with Crippen LogP contribution in [0.25, 0.3) is 0 Å². The molecule has 0 saturated carbocycles. The van der Waals surface area contributed by atoms with E-state index in [1.165, 1.54) is 12.2 Å². The smallest absolute Gasteiger partial charge is 0.307 e. The number of carboxylic acid groups (broad SMARTS) is 1. The molecular formula is C7H11O2. The van der Waals surface area contributed by atoms with Crippen LogP contribution in [-0.4, -0.2) is 11.1 Å². The van der Waals surface area contributed by atoms with Gasteiger partial charge in [0.05, 0.1) is 6.42 Å². The van der Waals surface area contributed by atoms with E-state index in [0.717, 1.165) is 0 Å². The molecule has 0 aromatic rings. The number of carboxylic acids is 1. The Morgan fingerprint density at radius 1 is 1.89 bits per heavy atom. The Hall–Kier alpha value is -1.05. The highest BCUT2D eigenvalue weighted by Crippen LogP contribution is 1.74. The van der Waals surface area contributed by atoms with Crippen molar-refractivity contribution >= 4 is 5.97 Å². The fourth-order valence-corrected chi connectivity index (χ4v) is 0.123. The largest absolute Gasteiger partial charge is 0.481 e. The first kappa shape index (κ1) is 10.8. The standard InChI is InChI=1S/C4H6O2.C3H5/c1-2-3-4(5)6;1-3-2/h2H,1,3H2,(H,5,6);1,3H,2H3. The van der Waals surface area contributed by atoms with Crippen molar-refractivity contribution in [2.24, 2.45) is 0 Å². The van der Waals surface area contributed by atoms with Crippen molar-refractivity contribution < 1.29 is 9.90 Å². The van der Waals surface area contributed by atoms with Gasteiger partial charge in [-0.3, -0.25) is 4.79 Å². The first-order valence-corrected chi connectivity index (χ1v) is 2.51. The van der Waals surface area contributed by atoms with E-state index in [9.17, 15) is 4.79 Å². The van der Waals surface area contributed by atoms with E-state index in [1.54, 1.807) is 6.92 Å². The Labute approximate surface area is 55.5 Å². The van der Waals surface area contributed by atoms with Crippen molar-refractivity contribution in [3.63, 3.8) is 0 Å². The number of aliphatic carboxylic acids is 1. The number of hydrogen-bond donors (Lipinski definition) is 1. The van der Waals surface area contributed by atoms with Gasteiger partial charge in [-0.2, -0.15) is 0 Å². The normalized spacial score (nSPS) is 6.33. The molecule has 9 heavy (non-hydrogen) atoms. The predicted octanol–water partition coefficient (Wildman–Crippen LogP) is 1.64. The Bertz CT molecular complexity index is 95.1. The summed E-state index contributed by atoms with van der Waals surface area (Å²) in [5.41, 5.74) is 0. The van der Waals surface area contributed by atoms with Gasteiger partial charge in [-0.25, -0.2) is 0 Å². The van der Waals surface area contributed by atoms with E-state index in [-0.39, 0.29) is 6.42 Å². The summed E-state index contributed by atoms with van der Waals surface area (Å²) >= 11 is 0. The molecule has 0 aromatic carbocycles. The lowest BCUT2D eigenvalue weighted by molar-refractivity contribution is -0.135. The van der Waals surface area contributed by atoms with Gasteiger partial charge in [-0.15, -0.1) is 6.58 Å². The monoisotopic (exact) mass is 127 g/mol. The lowest BCUT2D eigenvalue weighted by Gasteiger charge is -1.75. The van der Waals surface area contributed by atoms with Crippen LogP contribution in [0.1, 0.15) is 13.3 Å². The Morgan fingerprint density at radius 2 is 2.22 bits per heavy atom. The third-order valence-corrected chi connectivity index (χ3v) is 0.319. The van der Waals surface area contributed by atoms with Gasteiger partial charge in [-0.05, 0) is 6.92 Å². The molecule has 1 radical (unpaired) electrons. The average molecular weight is 127 g/mol. The zero-order chi connectivity index (χ0) is 7.70. The molecule has 0 rings (SSSR count). The fraction of sp³-hybridized carbons (Fsp3) is 0.286. The molecule has 0 fully saturated rings. The first-order valence-electron chi connectivity index (χ1n) is 2.51. The molecule has 0 aliphatic carbocycles. The molecule has 0 aliphatic heterocycles. The molecule has 51 valence electrons. The second-order valence-electron chi connectivity index (χ2n) is 1.22. The summed E-state index contributed by atoms with van der Waals surface area (Å²) in [5, 5.41) is 7.84. The third-order valence-electron chi connectivity index (χ3n) is 0.319. The van der Waals surface area contributed by atoms with Crippen LogP contribution < -0.4 is 0 Å². The van der Waals surface area contributed by atoms with E-state index >= 15 is 0 Å². The van der Waals surface area contributed by atoms with Gasteiger partial charge in [0.25, 0.3) is 0 Å². The molecule has 0 spiro atoms. The van der Waals surface area contributed by atoms with Crippen molar-refractivity contribution in [1.82, 2.24) is 0 Å². The minimum absolute atomic E-state index is 0.0556. The second kappa shape index (κ2) is 10.0. The number of carbonyl (C=O) groups is 1. The maximum Gasteiger partial charge on any atom is 0.307 e. The van der Waals surface area contributed by atoms with Crippen LogP contribution in [0.15, 0.2) is 18.7 Å². The minimum atomic E-state index is -0.829. The maximum atomic E-state index is 9.53. The molecular weight excluding hydrogens is 116 g/mol. The predicted molar refractivity (Wildman–Crippen MR) is 37.0 cm³/mol.